The molecule has 0 heterocycles. The summed E-state index contributed by atoms with van der Waals surface area (Å²) in [7, 11) is -4.38. The minimum Gasteiger partial charge on any atom is -0.466 e. The number of phosphoric acid groups is 1. The van der Waals surface area contributed by atoms with Gasteiger partial charge in [-0.05, 0) is 38.1 Å². The molecule has 9 heteroatoms. The molecule has 0 N–H and O–H groups in total. The summed E-state index contributed by atoms with van der Waals surface area (Å²) in [5.74, 6) is -1.19. The first-order chi connectivity index (χ1) is 14.0. The number of phosphoric ester groups is 1. The maximum Gasteiger partial charge on any atom is 0.588 e. The van der Waals surface area contributed by atoms with Crippen LogP contribution in [-0.2, 0) is 28.2 Å². The van der Waals surface area contributed by atoms with Gasteiger partial charge in [-0.2, -0.15) is 0 Å². The van der Waals surface area contributed by atoms with E-state index < -0.39 is 32.3 Å². The van der Waals surface area contributed by atoms with Gasteiger partial charge < -0.3 is 18.5 Å². The summed E-state index contributed by atoms with van der Waals surface area (Å²) in [6, 6.07) is 16.4. The van der Waals surface area contributed by atoms with E-state index in [1.165, 1.54) is 0 Å². The Morgan fingerprint density at radius 1 is 0.828 bits per heavy atom. The molecule has 2 aromatic rings. The van der Waals surface area contributed by atoms with E-state index in [0.717, 1.165) is 0 Å². The highest BCUT2D eigenvalue weighted by atomic mass is 31.2. The third kappa shape index (κ3) is 7.60. The Balaban J connectivity index is 2.29. The number of esters is 2. The highest BCUT2D eigenvalue weighted by Crippen LogP contribution is 2.51. The molecule has 1 atom stereocenters. The third-order valence-corrected chi connectivity index (χ3v) is 4.77. The summed E-state index contributed by atoms with van der Waals surface area (Å²) in [5, 5.41) is 0. The summed E-state index contributed by atoms with van der Waals surface area (Å²) < 4.78 is 39.5. The van der Waals surface area contributed by atoms with Crippen molar-refractivity contribution < 1.29 is 37.2 Å². The lowest BCUT2D eigenvalue weighted by Crippen LogP contribution is -2.30. The van der Waals surface area contributed by atoms with Crippen molar-refractivity contribution in [2.75, 3.05) is 13.2 Å². The number of ether oxygens (including phenoxy) is 2. The fourth-order valence-electron chi connectivity index (χ4n) is 2.21. The van der Waals surface area contributed by atoms with Crippen molar-refractivity contribution in [3.63, 3.8) is 0 Å². The Bertz CT molecular complexity index is 779. The maximum atomic E-state index is 13.4. The third-order valence-electron chi connectivity index (χ3n) is 3.38. The van der Waals surface area contributed by atoms with Gasteiger partial charge in [0, 0.05) is 0 Å². The van der Waals surface area contributed by atoms with Crippen LogP contribution in [0.25, 0.3) is 0 Å². The van der Waals surface area contributed by atoms with E-state index in [2.05, 4.69) is 0 Å². The van der Waals surface area contributed by atoms with Crippen molar-refractivity contribution >= 4 is 19.8 Å². The Morgan fingerprint density at radius 2 is 1.31 bits per heavy atom. The van der Waals surface area contributed by atoms with Gasteiger partial charge in [-0.1, -0.05) is 36.4 Å². The van der Waals surface area contributed by atoms with E-state index in [4.69, 9.17) is 23.0 Å². The molecule has 8 nitrogen and oxygen atoms in total. The first kappa shape index (κ1) is 22.5. The van der Waals surface area contributed by atoms with E-state index in [9.17, 15) is 14.2 Å². The summed E-state index contributed by atoms with van der Waals surface area (Å²) in [5.41, 5.74) is 0. The molecule has 0 bridgehead atoms. The highest BCUT2D eigenvalue weighted by molar-refractivity contribution is 7.49. The number of carbonyl (C=O) groups is 2. The molecule has 0 aliphatic rings. The predicted molar refractivity (Wildman–Crippen MR) is 105 cm³/mol. The topological polar surface area (TPSA) is 97.4 Å². The van der Waals surface area contributed by atoms with Crippen LogP contribution in [0.2, 0.25) is 0 Å². The lowest BCUT2D eigenvalue weighted by Gasteiger charge is -2.23. The molecule has 29 heavy (non-hydrogen) atoms. The average molecular weight is 422 g/mol. The van der Waals surface area contributed by atoms with Crippen LogP contribution in [0.4, 0.5) is 0 Å². The Hall–Kier alpha value is -2.83. The summed E-state index contributed by atoms with van der Waals surface area (Å²) in [6.45, 7) is 3.39. The number of para-hydroxylation sites is 2. The first-order valence-corrected chi connectivity index (χ1v) is 10.5. The number of rotatable bonds is 11. The van der Waals surface area contributed by atoms with Crippen LogP contribution in [0.1, 0.15) is 20.3 Å². The van der Waals surface area contributed by atoms with Crippen LogP contribution in [0.5, 0.6) is 11.5 Å². The fourth-order valence-corrected chi connectivity index (χ4v) is 3.56. The Labute approximate surface area is 169 Å². The lowest BCUT2D eigenvalue weighted by atomic mass is 10.2. The first-order valence-electron chi connectivity index (χ1n) is 9.05. The molecular formula is C20H23O8P. The van der Waals surface area contributed by atoms with Crippen LogP contribution in [0.15, 0.2) is 60.7 Å². The average Bonchev–Trinajstić information content (AvgIpc) is 2.69. The molecule has 0 unspecified atom stereocenters. The smallest absolute Gasteiger partial charge is 0.466 e. The number of carbonyl (C=O) groups excluding carboxylic acids is 2. The van der Waals surface area contributed by atoms with Gasteiger partial charge in [-0.25, -0.2) is 9.36 Å². The molecule has 0 saturated heterocycles. The van der Waals surface area contributed by atoms with Crippen molar-refractivity contribution in [2.45, 2.75) is 26.4 Å². The molecule has 2 aromatic carbocycles. The Kier molecular flexibility index (Phi) is 8.70. The number of hydrogen-bond acceptors (Lipinski definition) is 8. The predicted octanol–water partition coefficient (Wildman–Crippen LogP) is 4.15. The largest absolute Gasteiger partial charge is 0.588 e. The van der Waals surface area contributed by atoms with E-state index in [1.807, 2.05) is 0 Å². The van der Waals surface area contributed by atoms with E-state index in [-0.39, 0.29) is 24.7 Å². The van der Waals surface area contributed by atoms with Crippen LogP contribution in [0.3, 0.4) is 0 Å². The van der Waals surface area contributed by atoms with Gasteiger partial charge in [0.15, 0.2) is 6.10 Å². The SMILES string of the molecule is CCOC(=O)C[C@@H](OP(=O)(Oc1ccccc1)Oc1ccccc1)C(=O)OCC. The number of benzene rings is 2. The monoisotopic (exact) mass is 422 g/mol. The van der Waals surface area contributed by atoms with Crippen molar-refractivity contribution in [1.29, 1.82) is 0 Å². The molecule has 0 fully saturated rings. The van der Waals surface area contributed by atoms with Crippen molar-refractivity contribution in [3.8, 4) is 11.5 Å². The van der Waals surface area contributed by atoms with E-state index in [0.29, 0.717) is 0 Å². The summed E-state index contributed by atoms with van der Waals surface area (Å²) in [4.78, 5) is 24.2. The van der Waals surface area contributed by atoms with Crippen LogP contribution >= 0.6 is 7.82 Å². The molecule has 0 aromatic heterocycles. The molecule has 0 aliphatic carbocycles. The quantitative estimate of drug-likeness (QED) is 0.393. The number of hydrogen-bond donors (Lipinski definition) is 0. The van der Waals surface area contributed by atoms with Gasteiger partial charge in [0.05, 0.1) is 19.6 Å². The second-order valence-corrected chi connectivity index (χ2v) is 7.08. The maximum absolute atomic E-state index is 13.4. The highest BCUT2D eigenvalue weighted by Gasteiger charge is 2.39. The summed E-state index contributed by atoms with van der Waals surface area (Å²) in [6.07, 6.45) is -2.04. The normalized spacial score (nSPS) is 11.9. The molecule has 0 spiro atoms. The van der Waals surface area contributed by atoms with E-state index >= 15 is 0 Å². The second-order valence-electron chi connectivity index (χ2n) is 5.61. The molecule has 2 rings (SSSR count). The molecule has 0 radical (unpaired) electrons. The van der Waals surface area contributed by atoms with Gasteiger partial charge >= 0.3 is 19.8 Å². The second kappa shape index (κ2) is 11.2. The zero-order valence-corrected chi connectivity index (χ0v) is 17.1. The van der Waals surface area contributed by atoms with Crippen LogP contribution in [-0.4, -0.2) is 31.3 Å². The minimum atomic E-state index is -4.38. The lowest BCUT2D eigenvalue weighted by molar-refractivity contribution is -0.158. The van der Waals surface area contributed by atoms with Crippen LogP contribution in [0, 0.1) is 0 Å². The molecular weight excluding hydrogens is 399 g/mol. The molecule has 0 amide bonds. The Morgan fingerprint density at radius 3 is 1.76 bits per heavy atom. The van der Waals surface area contributed by atoms with Gasteiger partial charge in [0.25, 0.3) is 0 Å². The van der Waals surface area contributed by atoms with Gasteiger partial charge in [-0.15, -0.1) is 0 Å². The van der Waals surface area contributed by atoms with Crippen molar-refractivity contribution in [2.24, 2.45) is 0 Å². The minimum absolute atomic E-state index is 0.0465. The van der Waals surface area contributed by atoms with Gasteiger partial charge in [-0.3, -0.25) is 9.32 Å². The fraction of sp³-hybridized carbons (Fsp3) is 0.300. The standard InChI is InChI=1S/C20H23O8P/c1-3-24-19(21)15-18(20(22)25-4-2)28-29(23,26-16-11-7-5-8-12-16)27-17-13-9-6-10-14-17/h5-14,18H,3-4,15H2,1-2H3/t18-/m1/s1. The zero-order valence-electron chi connectivity index (χ0n) is 16.2. The van der Waals surface area contributed by atoms with Gasteiger partial charge in [0.2, 0.25) is 0 Å². The molecule has 0 saturated carbocycles. The zero-order chi connectivity index (χ0) is 21.1. The van der Waals surface area contributed by atoms with Crippen molar-refractivity contribution in [3.05, 3.63) is 60.7 Å². The van der Waals surface area contributed by atoms with Crippen molar-refractivity contribution in [1.82, 2.24) is 0 Å². The molecule has 0 aliphatic heterocycles. The van der Waals surface area contributed by atoms with E-state index in [1.54, 1.807) is 74.5 Å². The van der Waals surface area contributed by atoms with Gasteiger partial charge in [0.1, 0.15) is 11.5 Å². The molecule has 156 valence electrons. The van der Waals surface area contributed by atoms with Crippen LogP contribution < -0.4 is 9.05 Å². The summed E-state index contributed by atoms with van der Waals surface area (Å²) >= 11 is 0.